The Morgan fingerprint density at radius 2 is 1.95 bits per heavy atom. The Balaban J connectivity index is 2.17. The van der Waals surface area contributed by atoms with Crippen molar-refractivity contribution in [3.63, 3.8) is 0 Å². The molecule has 1 amide bonds. The maximum absolute atomic E-state index is 12.2. The fraction of sp³-hybridized carbons (Fsp3) is 0.588. The van der Waals surface area contributed by atoms with Gasteiger partial charge in [0.15, 0.2) is 0 Å². The van der Waals surface area contributed by atoms with Crippen molar-refractivity contribution < 1.29 is 9.53 Å². The SMILES string of the molecule is COC(C)(C)CN1C[C@@](C)(c2ccccc2)CCC1=O. The van der Waals surface area contributed by atoms with Crippen molar-refractivity contribution in [1.29, 1.82) is 0 Å². The van der Waals surface area contributed by atoms with Gasteiger partial charge in [0.2, 0.25) is 5.91 Å². The Kier molecular flexibility index (Phi) is 4.19. The van der Waals surface area contributed by atoms with E-state index in [4.69, 9.17) is 4.74 Å². The van der Waals surface area contributed by atoms with Crippen molar-refractivity contribution in [3.05, 3.63) is 35.9 Å². The number of carbonyl (C=O) groups excluding carboxylic acids is 1. The van der Waals surface area contributed by atoms with Gasteiger partial charge in [-0.25, -0.2) is 0 Å². The van der Waals surface area contributed by atoms with Crippen molar-refractivity contribution in [1.82, 2.24) is 4.90 Å². The number of likely N-dealkylation sites (tertiary alicyclic amines) is 1. The van der Waals surface area contributed by atoms with Gasteiger partial charge in [0.25, 0.3) is 0 Å². The number of carbonyl (C=O) groups is 1. The van der Waals surface area contributed by atoms with Gasteiger partial charge in [-0.2, -0.15) is 0 Å². The maximum Gasteiger partial charge on any atom is 0.222 e. The lowest BCUT2D eigenvalue weighted by Crippen LogP contribution is -2.52. The monoisotopic (exact) mass is 275 g/mol. The lowest BCUT2D eigenvalue weighted by atomic mass is 9.75. The minimum atomic E-state index is -0.301. The molecule has 20 heavy (non-hydrogen) atoms. The van der Waals surface area contributed by atoms with E-state index in [0.29, 0.717) is 13.0 Å². The molecule has 1 aromatic carbocycles. The Bertz CT molecular complexity index is 469. The van der Waals surface area contributed by atoms with Gasteiger partial charge in [0.1, 0.15) is 0 Å². The lowest BCUT2D eigenvalue weighted by Gasteiger charge is -2.43. The van der Waals surface area contributed by atoms with Gasteiger partial charge in [-0.05, 0) is 25.8 Å². The van der Waals surface area contributed by atoms with E-state index in [9.17, 15) is 4.79 Å². The largest absolute Gasteiger partial charge is 0.377 e. The number of ether oxygens (including phenoxy) is 1. The zero-order chi connectivity index (χ0) is 14.8. The van der Waals surface area contributed by atoms with Gasteiger partial charge in [-0.3, -0.25) is 4.79 Å². The van der Waals surface area contributed by atoms with Crippen molar-refractivity contribution >= 4 is 5.91 Å². The average molecular weight is 275 g/mol. The van der Waals surface area contributed by atoms with Crippen molar-refractivity contribution in [2.24, 2.45) is 0 Å². The van der Waals surface area contributed by atoms with E-state index in [0.717, 1.165) is 13.0 Å². The van der Waals surface area contributed by atoms with E-state index in [1.165, 1.54) is 5.56 Å². The van der Waals surface area contributed by atoms with Crippen LogP contribution in [0.4, 0.5) is 0 Å². The molecule has 1 atom stereocenters. The number of nitrogens with zero attached hydrogens (tertiary/aromatic N) is 1. The Morgan fingerprint density at radius 3 is 2.55 bits per heavy atom. The molecule has 0 spiro atoms. The molecule has 0 aromatic heterocycles. The van der Waals surface area contributed by atoms with E-state index in [1.807, 2.05) is 24.8 Å². The minimum Gasteiger partial charge on any atom is -0.377 e. The second kappa shape index (κ2) is 5.57. The number of hydrogen-bond acceptors (Lipinski definition) is 2. The van der Waals surface area contributed by atoms with Crippen LogP contribution in [-0.4, -0.2) is 36.6 Å². The number of rotatable bonds is 4. The molecule has 1 aliphatic rings. The molecule has 0 unspecified atom stereocenters. The van der Waals surface area contributed by atoms with Gasteiger partial charge < -0.3 is 9.64 Å². The van der Waals surface area contributed by atoms with Crippen LogP contribution in [-0.2, 0) is 14.9 Å². The summed E-state index contributed by atoms with van der Waals surface area (Å²) in [6.45, 7) is 7.71. The molecule has 2 rings (SSSR count). The molecule has 1 fully saturated rings. The molecule has 1 aliphatic heterocycles. The molecule has 0 saturated carbocycles. The fourth-order valence-electron chi connectivity index (χ4n) is 2.87. The topological polar surface area (TPSA) is 29.5 Å². The van der Waals surface area contributed by atoms with Crippen molar-refractivity contribution in [2.45, 2.75) is 44.6 Å². The van der Waals surface area contributed by atoms with Gasteiger partial charge in [0, 0.05) is 32.0 Å². The number of benzene rings is 1. The molecule has 3 nitrogen and oxygen atoms in total. The van der Waals surface area contributed by atoms with Crippen LogP contribution in [0.3, 0.4) is 0 Å². The van der Waals surface area contributed by atoms with Crippen LogP contribution in [0, 0.1) is 0 Å². The zero-order valence-electron chi connectivity index (χ0n) is 13.0. The number of methoxy groups -OCH3 is 1. The van der Waals surface area contributed by atoms with E-state index in [1.54, 1.807) is 7.11 Å². The number of hydrogen-bond donors (Lipinski definition) is 0. The van der Waals surface area contributed by atoms with E-state index >= 15 is 0 Å². The third kappa shape index (κ3) is 3.21. The summed E-state index contributed by atoms with van der Waals surface area (Å²) in [6.07, 6.45) is 1.53. The summed E-state index contributed by atoms with van der Waals surface area (Å²) in [4.78, 5) is 14.1. The van der Waals surface area contributed by atoms with Gasteiger partial charge >= 0.3 is 0 Å². The number of amides is 1. The van der Waals surface area contributed by atoms with Crippen molar-refractivity contribution in [3.8, 4) is 0 Å². The standard InChI is InChI=1S/C17H25NO2/c1-16(2,20-4)12-18-13-17(3,11-10-15(18)19)14-8-6-5-7-9-14/h5-9H,10-13H2,1-4H3/t17-/m0/s1. The highest BCUT2D eigenvalue weighted by Crippen LogP contribution is 2.34. The van der Waals surface area contributed by atoms with Crippen LogP contribution in [0.15, 0.2) is 30.3 Å². The van der Waals surface area contributed by atoms with E-state index in [-0.39, 0.29) is 16.9 Å². The lowest BCUT2D eigenvalue weighted by molar-refractivity contribution is -0.139. The van der Waals surface area contributed by atoms with Crippen LogP contribution < -0.4 is 0 Å². The fourth-order valence-corrected chi connectivity index (χ4v) is 2.87. The van der Waals surface area contributed by atoms with E-state index in [2.05, 4.69) is 31.2 Å². The predicted octanol–water partition coefficient (Wildman–Crippen LogP) is 2.99. The molecular formula is C17H25NO2. The molecule has 1 saturated heterocycles. The first-order chi connectivity index (χ1) is 9.36. The summed E-state index contributed by atoms with van der Waals surface area (Å²) in [7, 11) is 1.70. The predicted molar refractivity (Wildman–Crippen MR) is 80.7 cm³/mol. The quantitative estimate of drug-likeness (QED) is 0.845. The first-order valence-corrected chi connectivity index (χ1v) is 7.25. The molecule has 0 radical (unpaired) electrons. The zero-order valence-corrected chi connectivity index (χ0v) is 13.0. The van der Waals surface area contributed by atoms with Crippen LogP contribution in [0.5, 0.6) is 0 Å². The summed E-state index contributed by atoms with van der Waals surface area (Å²) in [5.41, 5.74) is 1.05. The second-order valence-corrected chi connectivity index (χ2v) is 6.64. The summed E-state index contributed by atoms with van der Waals surface area (Å²) in [5.74, 6) is 0.239. The van der Waals surface area contributed by atoms with Crippen LogP contribution in [0.25, 0.3) is 0 Å². The summed E-state index contributed by atoms with van der Waals surface area (Å²) >= 11 is 0. The third-order valence-corrected chi connectivity index (χ3v) is 4.38. The van der Waals surface area contributed by atoms with E-state index < -0.39 is 0 Å². The third-order valence-electron chi connectivity index (χ3n) is 4.38. The molecule has 110 valence electrons. The molecule has 3 heteroatoms. The molecule has 0 bridgehead atoms. The molecule has 0 aliphatic carbocycles. The number of piperidine rings is 1. The normalized spacial score (nSPS) is 24.0. The van der Waals surface area contributed by atoms with Gasteiger partial charge in [-0.15, -0.1) is 0 Å². The van der Waals surface area contributed by atoms with Crippen LogP contribution in [0.2, 0.25) is 0 Å². The minimum absolute atomic E-state index is 0.0407. The highest BCUT2D eigenvalue weighted by molar-refractivity contribution is 5.77. The first-order valence-electron chi connectivity index (χ1n) is 7.25. The first kappa shape index (κ1) is 15.0. The van der Waals surface area contributed by atoms with Gasteiger partial charge in [-0.1, -0.05) is 37.3 Å². The molecule has 1 aromatic rings. The van der Waals surface area contributed by atoms with Crippen molar-refractivity contribution in [2.75, 3.05) is 20.2 Å². The van der Waals surface area contributed by atoms with Crippen LogP contribution in [0.1, 0.15) is 39.2 Å². The molecule has 1 heterocycles. The summed E-state index contributed by atoms with van der Waals surface area (Å²) in [6, 6.07) is 10.5. The Hall–Kier alpha value is -1.35. The molecule has 0 N–H and O–H groups in total. The highest BCUT2D eigenvalue weighted by atomic mass is 16.5. The van der Waals surface area contributed by atoms with Crippen LogP contribution >= 0.6 is 0 Å². The average Bonchev–Trinajstić information content (AvgIpc) is 2.44. The molecular weight excluding hydrogens is 250 g/mol. The Morgan fingerprint density at radius 1 is 1.30 bits per heavy atom. The smallest absolute Gasteiger partial charge is 0.222 e. The summed E-state index contributed by atoms with van der Waals surface area (Å²) in [5, 5.41) is 0. The maximum atomic E-state index is 12.2. The highest BCUT2D eigenvalue weighted by Gasteiger charge is 2.38. The summed E-state index contributed by atoms with van der Waals surface area (Å²) < 4.78 is 5.47. The second-order valence-electron chi connectivity index (χ2n) is 6.64. The van der Waals surface area contributed by atoms with Gasteiger partial charge in [0.05, 0.1) is 5.60 Å². The Labute approximate surface area is 121 Å².